The molecule has 0 aliphatic carbocycles. The van der Waals surface area contributed by atoms with Gasteiger partial charge in [0.25, 0.3) is 0 Å². The molecule has 9 heteroatoms. The number of carbonyl (C=O) groups excluding carboxylic acids is 4. The Hall–Kier alpha value is -3.46. The van der Waals surface area contributed by atoms with Gasteiger partial charge in [0.2, 0.25) is 0 Å². The summed E-state index contributed by atoms with van der Waals surface area (Å²) < 4.78 is 22.9. The molecule has 0 saturated heterocycles. The summed E-state index contributed by atoms with van der Waals surface area (Å²) in [5, 5.41) is 0. The molecule has 0 N–H and O–H groups in total. The largest absolute Gasteiger partial charge is 0.491 e. The molecule has 4 atom stereocenters. The average Bonchev–Trinajstić information content (AvgIpc) is 3.05. The maximum Gasteiger partial charge on any atom is 0.309 e. The molecule has 0 fully saturated rings. The molecule has 337 valence electrons. The van der Waals surface area contributed by atoms with Crippen LogP contribution in [-0.4, -0.2) is 63.9 Å². The van der Waals surface area contributed by atoms with Crippen LogP contribution in [0.15, 0.2) is 68.3 Å². The first kappa shape index (κ1) is 74.5. The number of ketones is 2. The summed E-state index contributed by atoms with van der Waals surface area (Å²) in [7, 11) is 1.56. The molecular formula is C48H94BO8. The van der Waals surface area contributed by atoms with E-state index in [1.54, 1.807) is 13.2 Å². The van der Waals surface area contributed by atoms with E-state index in [9.17, 15) is 19.2 Å². The topological polar surface area (TPSA) is 105 Å². The second-order valence-corrected chi connectivity index (χ2v) is 12.6. The normalized spacial score (nSPS) is 11.3. The number of methoxy groups -OCH3 is 1. The van der Waals surface area contributed by atoms with Gasteiger partial charge in [-0.2, -0.15) is 0 Å². The third-order valence-corrected chi connectivity index (χ3v) is 8.09. The van der Waals surface area contributed by atoms with Gasteiger partial charge in [-0.05, 0) is 82.8 Å². The second kappa shape index (κ2) is 48.7. The number of ether oxygens (including phenoxy) is 4. The predicted octanol–water partition coefficient (Wildman–Crippen LogP) is 13.8. The molecule has 4 unspecified atom stereocenters. The number of allylic oxidation sites excluding steroid dienone is 3. The SMILES string of the molecule is C.C.C.C.C.C.C.C.C=CCCCCCCC(CC(=O)CC(COc1ccccc1)OC)CC(=O)OC(CCCCC=C)CC(=O)OC(CCC=C)CC(C)=O.[2HH].[B]. The molecule has 0 amide bonds. The summed E-state index contributed by atoms with van der Waals surface area (Å²) in [4.78, 5) is 51.2. The van der Waals surface area contributed by atoms with Crippen molar-refractivity contribution in [1.82, 2.24) is 0 Å². The predicted molar refractivity (Wildman–Crippen MR) is 252 cm³/mol. The van der Waals surface area contributed by atoms with Gasteiger partial charge >= 0.3 is 11.9 Å². The van der Waals surface area contributed by atoms with Crippen LogP contribution in [0.2, 0.25) is 0 Å². The first-order valence-electron chi connectivity index (χ1n) is 17.6. The minimum Gasteiger partial charge on any atom is -0.491 e. The number of benzene rings is 1. The van der Waals surface area contributed by atoms with E-state index in [0.29, 0.717) is 25.0 Å². The average molecular weight is 811 g/mol. The van der Waals surface area contributed by atoms with Gasteiger partial charge in [0, 0.05) is 42.6 Å². The van der Waals surface area contributed by atoms with Gasteiger partial charge in [0.1, 0.15) is 36.1 Å². The molecule has 0 spiro atoms. The zero-order chi connectivity index (χ0) is 35.4. The lowest BCUT2D eigenvalue weighted by molar-refractivity contribution is -0.159. The number of hydrogen-bond acceptors (Lipinski definition) is 8. The quantitative estimate of drug-likeness (QED) is 0.0316. The molecule has 0 heterocycles. The smallest absolute Gasteiger partial charge is 0.309 e. The molecule has 0 aromatic heterocycles. The number of para-hydroxylation sites is 1. The van der Waals surface area contributed by atoms with E-state index in [2.05, 4.69) is 19.7 Å². The van der Waals surface area contributed by atoms with Crippen LogP contribution in [0.25, 0.3) is 0 Å². The standard InChI is InChI=1S/C40H60O8.8CH4.B.H2/c1-6-9-12-14-15-17-21-33(27-34(42)29-38(45-5)31-46-35-23-19-16-20-24-35)28-39(43)48-37(25-18-13-10-7-2)30-40(44)47-36(22-11-8-3)26-32(4)41;;;;;;;;;;/h6-8,16,19-20,23-24,33,36-38H,1-3,9-15,17-18,21-22,25-31H2,4-5H3;8*1H4;;1H/i;;;;;;;;;;1+1. The lowest BCUT2D eigenvalue weighted by Gasteiger charge is -2.22. The third kappa shape index (κ3) is 40.5. The van der Waals surface area contributed by atoms with Crippen LogP contribution in [0, 0.1) is 5.92 Å². The lowest BCUT2D eigenvalue weighted by atomic mass is 9.91. The maximum atomic E-state index is 13.3. The van der Waals surface area contributed by atoms with E-state index in [1.165, 1.54) is 6.92 Å². The second-order valence-electron chi connectivity index (χ2n) is 12.6. The Balaban J connectivity index is -0.000000288. The molecule has 3 radical (unpaired) electrons. The zero-order valence-corrected chi connectivity index (χ0v) is 30.1. The Morgan fingerprint density at radius 1 is 0.596 bits per heavy atom. The first-order valence-corrected chi connectivity index (χ1v) is 17.6. The number of carbonyl (C=O) groups is 4. The minimum atomic E-state index is -0.657. The molecule has 0 saturated carbocycles. The van der Waals surface area contributed by atoms with Gasteiger partial charge in [0.15, 0.2) is 0 Å². The molecule has 1 aromatic rings. The molecule has 0 aliphatic rings. The van der Waals surface area contributed by atoms with E-state index in [1.807, 2.05) is 42.5 Å². The lowest BCUT2D eigenvalue weighted by Crippen LogP contribution is -2.28. The van der Waals surface area contributed by atoms with Crippen molar-refractivity contribution in [3.63, 3.8) is 0 Å². The van der Waals surface area contributed by atoms with Crippen molar-refractivity contribution in [2.75, 3.05) is 13.7 Å². The highest BCUT2D eigenvalue weighted by Gasteiger charge is 2.26. The van der Waals surface area contributed by atoms with Gasteiger partial charge < -0.3 is 18.9 Å². The van der Waals surface area contributed by atoms with Gasteiger partial charge in [-0.15, -0.1) is 19.7 Å². The number of hydrogen-bond donors (Lipinski definition) is 0. The van der Waals surface area contributed by atoms with Crippen LogP contribution in [0.5, 0.6) is 5.75 Å². The highest BCUT2D eigenvalue weighted by molar-refractivity contribution is 5.80. The fourth-order valence-electron chi connectivity index (χ4n) is 5.51. The van der Waals surface area contributed by atoms with Crippen molar-refractivity contribution in [1.29, 1.82) is 0 Å². The summed E-state index contributed by atoms with van der Waals surface area (Å²) in [6.45, 7) is 13.0. The molecule has 8 nitrogen and oxygen atoms in total. The van der Waals surface area contributed by atoms with Gasteiger partial charge in [-0.25, -0.2) is 0 Å². The van der Waals surface area contributed by atoms with Crippen molar-refractivity contribution < 1.29 is 39.6 Å². The third-order valence-electron chi connectivity index (χ3n) is 8.09. The van der Waals surface area contributed by atoms with Gasteiger partial charge in [-0.3, -0.25) is 19.2 Å². The summed E-state index contributed by atoms with van der Waals surface area (Å²) in [6, 6.07) is 9.38. The molecule has 0 bridgehead atoms. The summed E-state index contributed by atoms with van der Waals surface area (Å²) in [5.74, 6) is -0.470. The van der Waals surface area contributed by atoms with Crippen LogP contribution in [0.3, 0.4) is 0 Å². The van der Waals surface area contributed by atoms with E-state index in [4.69, 9.17) is 18.9 Å². The number of Topliss-reactive ketones (excluding diaryl/α,β-unsaturated/α-hetero) is 2. The highest BCUT2D eigenvalue weighted by Crippen LogP contribution is 2.23. The van der Waals surface area contributed by atoms with Crippen molar-refractivity contribution in [3.8, 4) is 5.75 Å². The van der Waals surface area contributed by atoms with Gasteiger partial charge in [-0.1, -0.05) is 115 Å². The number of esters is 2. The molecular weight excluding hydrogens is 715 g/mol. The Labute approximate surface area is 358 Å². The van der Waals surface area contributed by atoms with E-state index < -0.39 is 30.3 Å². The minimum absolute atomic E-state index is 0. The van der Waals surface area contributed by atoms with Crippen LogP contribution in [0.4, 0.5) is 0 Å². The zero-order valence-electron chi connectivity index (χ0n) is 30.1. The Morgan fingerprint density at radius 2 is 1.09 bits per heavy atom. The van der Waals surface area contributed by atoms with Crippen molar-refractivity contribution in [2.45, 2.75) is 194 Å². The highest BCUT2D eigenvalue weighted by atomic mass is 16.6. The fraction of sp³-hybridized carbons (Fsp3) is 0.667. The summed E-state index contributed by atoms with van der Waals surface area (Å²) in [6.07, 6.45) is 14.2. The Morgan fingerprint density at radius 3 is 1.61 bits per heavy atom. The van der Waals surface area contributed by atoms with Crippen LogP contribution < -0.4 is 4.74 Å². The van der Waals surface area contributed by atoms with Crippen molar-refractivity contribution >= 4 is 31.9 Å². The molecule has 1 aromatic carbocycles. The number of unbranched alkanes of at least 4 members (excludes halogenated alkanes) is 6. The number of rotatable bonds is 31. The first-order chi connectivity index (χ1) is 23.2. The molecule has 57 heavy (non-hydrogen) atoms. The summed E-state index contributed by atoms with van der Waals surface area (Å²) in [5.41, 5.74) is 0. The maximum absolute atomic E-state index is 13.3. The molecule has 0 aliphatic heterocycles. The van der Waals surface area contributed by atoms with Crippen molar-refractivity contribution in [3.05, 3.63) is 68.3 Å². The van der Waals surface area contributed by atoms with Crippen LogP contribution >= 0.6 is 0 Å². The van der Waals surface area contributed by atoms with Crippen LogP contribution in [0.1, 0.15) is 177 Å². The Kier molecular flexibility index (Phi) is 63.6. The Bertz CT molecular complexity index is 1100. The summed E-state index contributed by atoms with van der Waals surface area (Å²) >= 11 is 0. The fourth-order valence-corrected chi connectivity index (χ4v) is 5.51. The van der Waals surface area contributed by atoms with Gasteiger partial charge in [0.05, 0.1) is 12.5 Å². The van der Waals surface area contributed by atoms with E-state index in [-0.39, 0.29) is 125 Å². The molecule has 1 rings (SSSR count). The van der Waals surface area contributed by atoms with Crippen molar-refractivity contribution in [2.24, 2.45) is 5.92 Å². The van der Waals surface area contributed by atoms with E-state index >= 15 is 0 Å². The van der Waals surface area contributed by atoms with Crippen LogP contribution in [-0.2, 0) is 33.4 Å². The van der Waals surface area contributed by atoms with E-state index in [0.717, 1.165) is 57.8 Å². The monoisotopic (exact) mass is 811 g/mol.